The van der Waals surface area contributed by atoms with Gasteiger partial charge in [-0.25, -0.2) is 0 Å². The minimum absolute atomic E-state index is 0.00183. The van der Waals surface area contributed by atoms with Gasteiger partial charge in [-0.05, 0) is 12.8 Å². The number of piperazine rings is 1. The molecule has 0 bridgehead atoms. The molecular weight excluding hydrogens is 242 g/mol. The lowest BCUT2D eigenvalue weighted by atomic mass is 10.0. The van der Waals surface area contributed by atoms with Gasteiger partial charge in [-0.2, -0.15) is 0 Å². The van der Waals surface area contributed by atoms with Crippen LogP contribution in [0.4, 0.5) is 0 Å². The first-order valence-electron chi connectivity index (χ1n) is 5.51. The number of carbonyl (C=O) groups is 4. The molecule has 0 spiro atoms. The van der Waals surface area contributed by atoms with Gasteiger partial charge in [-0.3, -0.25) is 19.2 Å². The molecule has 0 unspecified atom stereocenters. The molecule has 0 aromatic carbocycles. The monoisotopic (exact) mass is 257 g/mol. The van der Waals surface area contributed by atoms with Crippen LogP contribution >= 0.6 is 0 Å². The number of hydrogen-bond acceptors (Lipinski definition) is 4. The van der Waals surface area contributed by atoms with E-state index in [-0.39, 0.29) is 25.7 Å². The molecule has 1 saturated heterocycles. The Balaban J connectivity index is 2.48. The highest BCUT2D eigenvalue weighted by Gasteiger charge is 2.33. The van der Waals surface area contributed by atoms with Gasteiger partial charge in [0, 0.05) is 12.8 Å². The molecule has 0 aromatic rings. The Morgan fingerprint density at radius 3 is 1.89 bits per heavy atom. The molecule has 100 valence electrons. The van der Waals surface area contributed by atoms with E-state index in [9.17, 15) is 19.2 Å². The van der Waals surface area contributed by atoms with E-state index < -0.39 is 35.8 Å². The highest BCUT2D eigenvalue weighted by atomic mass is 16.4. The standard InChI is InChI=1S/C10H15N3O5/c11-7(14)3-1-5-9(17)13-6(10(18)12-5)2-4-8(15)16/h5-6H,1-4H2,(H2,11,14)(H,12,18)(H,13,17)(H,15,16)/t5-,6-/m0/s1. The van der Waals surface area contributed by atoms with Gasteiger partial charge < -0.3 is 21.5 Å². The second-order valence-electron chi connectivity index (χ2n) is 4.06. The van der Waals surface area contributed by atoms with Crippen LogP contribution in [0.15, 0.2) is 0 Å². The van der Waals surface area contributed by atoms with Crippen molar-refractivity contribution in [3.63, 3.8) is 0 Å². The van der Waals surface area contributed by atoms with Crippen LogP contribution in [0.2, 0.25) is 0 Å². The van der Waals surface area contributed by atoms with E-state index >= 15 is 0 Å². The summed E-state index contributed by atoms with van der Waals surface area (Å²) in [6.45, 7) is 0. The van der Waals surface area contributed by atoms with E-state index in [1.807, 2.05) is 0 Å². The van der Waals surface area contributed by atoms with Crippen molar-refractivity contribution in [3.05, 3.63) is 0 Å². The Bertz CT molecular complexity index is 346. The summed E-state index contributed by atoms with van der Waals surface area (Å²) in [4.78, 5) is 44.1. The zero-order chi connectivity index (χ0) is 13.7. The predicted octanol–water partition coefficient (Wildman–Crippen LogP) is -1.90. The minimum atomic E-state index is -1.03. The van der Waals surface area contributed by atoms with Crippen molar-refractivity contribution in [2.75, 3.05) is 0 Å². The molecule has 1 heterocycles. The second kappa shape index (κ2) is 5.99. The van der Waals surface area contributed by atoms with Crippen LogP contribution in [0.1, 0.15) is 25.7 Å². The second-order valence-corrected chi connectivity index (χ2v) is 4.06. The van der Waals surface area contributed by atoms with E-state index in [4.69, 9.17) is 10.8 Å². The zero-order valence-electron chi connectivity index (χ0n) is 9.64. The summed E-state index contributed by atoms with van der Waals surface area (Å²) in [6.07, 6.45) is -0.0313. The number of carboxylic acids is 1. The number of nitrogens with two attached hydrogens (primary N) is 1. The van der Waals surface area contributed by atoms with Crippen molar-refractivity contribution in [2.45, 2.75) is 37.8 Å². The van der Waals surface area contributed by atoms with E-state index in [1.165, 1.54) is 0 Å². The van der Waals surface area contributed by atoms with Gasteiger partial charge in [-0.1, -0.05) is 0 Å². The molecule has 1 fully saturated rings. The quantitative estimate of drug-likeness (QED) is 0.440. The van der Waals surface area contributed by atoms with Crippen LogP contribution in [-0.4, -0.2) is 40.9 Å². The lowest BCUT2D eigenvalue weighted by Crippen LogP contribution is -2.61. The van der Waals surface area contributed by atoms with Crippen molar-refractivity contribution in [3.8, 4) is 0 Å². The highest BCUT2D eigenvalue weighted by Crippen LogP contribution is 2.07. The first-order valence-corrected chi connectivity index (χ1v) is 5.51. The van der Waals surface area contributed by atoms with E-state index in [2.05, 4.69) is 10.6 Å². The molecule has 1 rings (SSSR count). The Kier molecular flexibility index (Phi) is 4.64. The van der Waals surface area contributed by atoms with Crippen LogP contribution in [0.5, 0.6) is 0 Å². The largest absolute Gasteiger partial charge is 0.481 e. The first-order chi connectivity index (χ1) is 8.40. The molecule has 2 atom stereocenters. The number of carbonyl (C=O) groups excluding carboxylic acids is 3. The van der Waals surface area contributed by atoms with Crippen LogP contribution in [0.3, 0.4) is 0 Å². The predicted molar refractivity (Wildman–Crippen MR) is 59.2 cm³/mol. The van der Waals surface area contributed by atoms with Gasteiger partial charge in [0.15, 0.2) is 0 Å². The average Bonchev–Trinajstić information content (AvgIpc) is 2.27. The fourth-order valence-electron chi connectivity index (χ4n) is 1.64. The molecule has 0 saturated carbocycles. The number of primary amides is 1. The molecule has 0 aliphatic carbocycles. The third-order valence-corrected chi connectivity index (χ3v) is 2.59. The van der Waals surface area contributed by atoms with Gasteiger partial charge in [0.2, 0.25) is 17.7 Å². The third-order valence-electron chi connectivity index (χ3n) is 2.59. The van der Waals surface area contributed by atoms with E-state index in [0.29, 0.717) is 0 Å². The van der Waals surface area contributed by atoms with Crippen molar-refractivity contribution in [1.82, 2.24) is 10.6 Å². The zero-order valence-corrected chi connectivity index (χ0v) is 9.64. The van der Waals surface area contributed by atoms with Crippen LogP contribution in [0, 0.1) is 0 Å². The smallest absolute Gasteiger partial charge is 0.303 e. The lowest BCUT2D eigenvalue weighted by Gasteiger charge is -2.29. The number of hydrogen-bond donors (Lipinski definition) is 4. The van der Waals surface area contributed by atoms with Gasteiger partial charge in [0.1, 0.15) is 12.1 Å². The number of carboxylic acid groups (broad SMARTS) is 1. The minimum Gasteiger partial charge on any atom is -0.481 e. The molecule has 5 N–H and O–H groups in total. The average molecular weight is 257 g/mol. The molecule has 0 radical (unpaired) electrons. The number of nitrogens with one attached hydrogen (secondary N) is 2. The molecule has 1 aliphatic heterocycles. The lowest BCUT2D eigenvalue weighted by molar-refractivity contribution is -0.140. The summed E-state index contributed by atoms with van der Waals surface area (Å²) in [5.41, 5.74) is 4.95. The fourth-order valence-corrected chi connectivity index (χ4v) is 1.64. The SMILES string of the molecule is NC(=O)CC[C@@H]1NC(=O)[C@H](CCC(=O)O)NC1=O. The highest BCUT2D eigenvalue weighted by molar-refractivity contribution is 5.97. The summed E-state index contributed by atoms with van der Waals surface area (Å²) < 4.78 is 0. The summed E-state index contributed by atoms with van der Waals surface area (Å²) in [5, 5.41) is 13.4. The summed E-state index contributed by atoms with van der Waals surface area (Å²) in [7, 11) is 0. The first kappa shape index (κ1) is 13.9. The molecule has 8 nitrogen and oxygen atoms in total. The molecule has 1 aliphatic rings. The maximum atomic E-state index is 11.6. The Labute approximate surface area is 103 Å². The van der Waals surface area contributed by atoms with Crippen molar-refractivity contribution < 1.29 is 24.3 Å². The van der Waals surface area contributed by atoms with Crippen LogP contribution < -0.4 is 16.4 Å². The van der Waals surface area contributed by atoms with Crippen molar-refractivity contribution >= 4 is 23.7 Å². The van der Waals surface area contributed by atoms with Gasteiger partial charge in [-0.15, -0.1) is 0 Å². The van der Waals surface area contributed by atoms with Gasteiger partial charge >= 0.3 is 5.97 Å². The summed E-state index contributed by atoms with van der Waals surface area (Å²) in [6, 6.07) is -1.62. The van der Waals surface area contributed by atoms with Crippen molar-refractivity contribution in [2.24, 2.45) is 5.73 Å². The van der Waals surface area contributed by atoms with E-state index in [1.54, 1.807) is 0 Å². The molecule has 0 aromatic heterocycles. The summed E-state index contributed by atoms with van der Waals surface area (Å²) >= 11 is 0. The van der Waals surface area contributed by atoms with Gasteiger partial charge in [0.05, 0.1) is 0 Å². The molecule has 8 heteroatoms. The third kappa shape index (κ3) is 4.04. The normalized spacial score (nSPS) is 23.1. The molecular formula is C10H15N3O5. The maximum Gasteiger partial charge on any atom is 0.303 e. The summed E-state index contributed by atoms with van der Waals surface area (Å²) in [5.74, 6) is -2.45. The molecule has 18 heavy (non-hydrogen) atoms. The van der Waals surface area contributed by atoms with Gasteiger partial charge in [0.25, 0.3) is 0 Å². The fraction of sp³-hybridized carbons (Fsp3) is 0.600. The van der Waals surface area contributed by atoms with Crippen LogP contribution in [0.25, 0.3) is 0 Å². The Morgan fingerprint density at radius 1 is 1.06 bits per heavy atom. The number of rotatable bonds is 6. The number of amides is 3. The topological polar surface area (TPSA) is 139 Å². The Morgan fingerprint density at radius 2 is 1.50 bits per heavy atom. The van der Waals surface area contributed by atoms with Crippen LogP contribution in [-0.2, 0) is 19.2 Å². The Hall–Kier alpha value is -2.12. The van der Waals surface area contributed by atoms with Crippen molar-refractivity contribution in [1.29, 1.82) is 0 Å². The number of aliphatic carboxylic acids is 1. The maximum absolute atomic E-state index is 11.6. The van der Waals surface area contributed by atoms with E-state index in [0.717, 1.165) is 0 Å². The molecule has 3 amide bonds.